The molecule has 0 bridgehead atoms. The van der Waals surface area contributed by atoms with Crippen molar-refractivity contribution in [3.8, 4) is 0 Å². The van der Waals surface area contributed by atoms with Gasteiger partial charge in [-0.05, 0) is 31.5 Å². The van der Waals surface area contributed by atoms with Crippen molar-refractivity contribution in [2.75, 3.05) is 11.5 Å². The highest BCUT2D eigenvalue weighted by Crippen LogP contribution is 2.41. The summed E-state index contributed by atoms with van der Waals surface area (Å²) in [7, 11) is -2.60. The van der Waals surface area contributed by atoms with Crippen LogP contribution in [0, 0.1) is 5.92 Å². The number of amides is 1. The quantitative estimate of drug-likeness (QED) is 0.400. The average molecular weight is 440 g/mol. The van der Waals surface area contributed by atoms with E-state index in [0.29, 0.717) is 5.25 Å². The van der Waals surface area contributed by atoms with E-state index < -0.39 is 19.1 Å². The first-order valence-corrected chi connectivity index (χ1v) is 15.2. The minimum Gasteiger partial charge on any atom is -0.413 e. The van der Waals surface area contributed by atoms with Crippen LogP contribution in [0.2, 0.25) is 18.1 Å². The number of carbonyl (C=O) groups is 1. The van der Waals surface area contributed by atoms with Gasteiger partial charge < -0.3 is 9.74 Å². The monoisotopic (exact) mass is 439 g/mol. The van der Waals surface area contributed by atoms with Crippen LogP contribution >= 0.6 is 35.7 Å². The Labute approximate surface area is 169 Å². The van der Waals surface area contributed by atoms with Crippen molar-refractivity contribution in [3.05, 3.63) is 0 Å². The normalized spacial score (nSPS) is 31.4. The largest absolute Gasteiger partial charge is 0.413 e. The van der Waals surface area contributed by atoms with Gasteiger partial charge in [0, 0.05) is 27.6 Å². The topological polar surface area (TPSA) is 55.4 Å². The second-order valence-electron chi connectivity index (χ2n) is 8.25. The van der Waals surface area contributed by atoms with Gasteiger partial charge in [0.1, 0.15) is 3.53 Å². The lowest BCUT2D eigenvalue weighted by atomic mass is 9.96. The SMILES string of the molecule is C[C@@H](O[Si](C)(C)C(C)(C)C)[C@H]1C(=O)N[C@@H]1SC(=S)SC1CCS(=O)C1. The van der Waals surface area contributed by atoms with E-state index in [9.17, 15) is 9.00 Å². The van der Waals surface area contributed by atoms with Gasteiger partial charge in [-0.3, -0.25) is 9.00 Å². The second-order valence-corrected chi connectivity index (χ2v) is 18.3. The second kappa shape index (κ2) is 8.30. The predicted molar refractivity (Wildman–Crippen MR) is 117 cm³/mol. The zero-order valence-corrected chi connectivity index (χ0v) is 20.1. The molecule has 2 saturated heterocycles. The number of carbonyl (C=O) groups excluding carboxylic acids is 1. The summed E-state index contributed by atoms with van der Waals surface area (Å²) in [5.41, 5.74) is 0. The van der Waals surface area contributed by atoms with E-state index >= 15 is 0 Å². The number of thioether (sulfide) groups is 2. The Morgan fingerprint density at radius 2 is 2.04 bits per heavy atom. The smallest absolute Gasteiger partial charge is 0.229 e. The van der Waals surface area contributed by atoms with Crippen molar-refractivity contribution in [2.45, 2.75) is 69.0 Å². The van der Waals surface area contributed by atoms with Crippen LogP contribution in [0.25, 0.3) is 0 Å². The maximum Gasteiger partial charge on any atom is 0.229 e. The third-order valence-electron chi connectivity index (χ3n) is 5.23. The van der Waals surface area contributed by atoms with E-state index in [-0.39, 0.29) is 28.3 Å². The standard InChI is InChI=1S/C16H29NO3S4Si/c1-10(20-25(5,6)16(2,3)4)12-13(18)17-14(12)23-15(21)22-11-7-8-24(19)9-11/h10-12,14H,7-9H2,1-6H3,(H,17,18)/t10-,11?,12+,14-,24?/m1/s1. The Morgan fingerprint density at radius 1 is 1.40 bits per heavy atom. The lowest BCUT2D eigenvalue weighted by Gasteiger charge is -2.45. The molecule has 2 aliphatic rings. The zero-order valence-electron chi connectivity index (χ0n) is 15.8. The molecule has 2 fully saturated rings. The molecule has 0 radical (unpaired) electrons. The van der Waals surface area contributed by atoms with Gasteiger partial charge in [0.05, 0.1) is 17.4 Å². The van der Waals surface area contributed by atoms with E-state index in [1.54, 1.807) is 23.5 Å². The molecule has 0 aromatic heterocycles. The van der Waals surface area contributed by atoms with Crippen LogP contribution in [0.5, 0.6) is 0 Å². The summed E-state index contributed by atoms with van der Waals surface area (Å²) in [6, 6.07) is 0. The van der Waals surface area contributed by atoms with Crippen molar-refractivity contribution in [2.24, 2.45) is 5.92 Å². The van der Waals surface area contributed by atoms with Gasteiger partial charge in [-0.25, -0.2) is 0 Å². The summed E-state index contributed by atoms with van der Waals surface area (Å²) in [5.74, 6) is 1.41. The summed E-state index contributed by atoms with van der Waals surface area (Å²) in [4.78, 5) is 12.1. The van der Waals surface area contributed by atoms with Crippen LogP contribution in [0.3, 0.4) is 0 Å². The van der Waals surface area contributed by atoms with E-state index in [2.05, 4.69) is 39.2 Å². The Hall–Kier alpha value is 0.587. The van der Waals surface area contributed by atoms with Gasteiger partial charge in [0.15, 0.2) is 8.32 Å². The number of thiocarbonyl (C=S) groups is 1. The minimum atomic E-state index is -1.91. The molecule has 0 aromatic rings. The number of hydrogen-bond donors (Lipinski definition) is 1. The summed E-state index contributed by atoms with van der Waals surface area (Å²) in [6.07, 6.45) is 0.850. The highest BCUT2D eigenvalue weighted by atomic mass is 32.2. The van der Waals surface area contributed by atoms with Crippen LogP contribution in [0.1, 0.15) is 34.1 Å². The molecule has 2 unspecified atom stereocenters. The van der Waals surface area contributed by atoms with E-state index in [4.69, 9.17) is 16.6 Å². The molecule has 2 aliphatic heterocycles. The average Bonchev–Trinajstić information content (AvgIpc) is 2.80. The third-order valence-corrected chi connectivity index (χ3v) is 14.4. The van der Waals surface area contributed by atoms with Gasteiger partial charge in [0.2, 0.25) is 5.91 Å². The molecule has 9 heteroatoms. The maximum atomic E-state index is 12.1. The van der Waals surface area contributed by atoms with Gasteiger partial charge >= 0.3 is 0 Å². The molecule has 4 nitrogen and oxygen atoms in total. The number of rotatable bonds is 5. The van der Waals surface area contributed by atoms with Crippen molar-refractivity contribution in [3.63, 3.8) is 0 Å². The van der Waals surface area contributed by atoms with Crippen LogP contribution in [-0.2, 0) is 20.0 Å². The molecule has 1 amide bonds. The van der Waals surface area contributed by atoms with Gasteiger partial charge in [-0.15, -0.1) is 11.8 Å². The Morgan fingerprint density at radius 3 is 2.52 bits per heavy atom. The van der Waals surface area contributed by atoms with Crippen molar-refractivity contribution in [1.29, 1.82) is 0 Å². The highest BCUT2D eigenvalue weighted by Gasteiger charge is 2.48. The fourth-order valence-corrected chi connectivity index (χ4v) is 9.29. The van der Waals surface area contributed by atoms with Crippen LogP contribution < -0.4 is 5.32 Å². The van der Waals surface area contributed by atoms with Crippen molar-refractivity contribution >= 4 is 64.3 Å². The molecular formula is C16H29NO3S4Si. The van der Waals surface area contributed by atoms with E-state index in [1.165, 1.54) is 0 Å². The van der Waals surface area contributed by atoms with Crippen LogP contribution in [0.4, 0.5) is 0 Å². The van der Waals surface area contributed by atoms with Crippen molar-refractivity contribution < 1.29 is 13.4 Å². The van der Waals surface area contributed by atoms with Crippen LogP contribution in [-0.4, -0.2) is 50.2 Å². The summed E-state index contributed by atoms with van der Waals surface area (Å²) < 4.78 is 18.7. The fraction of sp³-hybridized carbons (Fsp3) is 0.875. The first-order chi connectivity index (χ1) is 11.4. The summed E-state index contributed by atoms with van der Waals surface area (Å²) in [5, 5.41) is 3.42. The van der Waals surface area contributed by atoms with Gasteiger partial charge in [-0.1, -0.05) is 44.8 Å². The summed E-state index contributed by atoms with van der Waals surface area (Å²) in [6.45, 7) is 13.0. The molecule has 25 heavy (non-hydrogen) atoms. The summed E-state index contributed by atoms with van der Waals surface area (Å²) >= 11 is 8.68. The molecule has 0 aliphatic carbocycles. The predicted octanol–water partition coefficient (Wildman–Crippen LogP) is 3.74. The first-order valence-electron chi connectivity index (χ1n) is 8.61. The van der Waals surface area contributed by atoms with Gasteiger partial charge in [0.25, 0.3) is 0 Å². The molecule has 1 N–H and O–H groups in total. The maximum absolute atomic E-state index is 12.1. The van der Waals surface area contributed by atoms with E-state index in [0.717, 1.165) is 21.5 Å². The zero-order chi connectivity index (χ0) is 19.0. The molecule has 144 valence electrons. The number of β-lactam (4-membered cyclic amide) rings is 1. The Balaban J connectivity index is 1.89. The highest BCUT2D eigenvalue weighted by molar-refractivity contribution is 8.47. The van der Waals surface area contributed by atoms with Gasteiger partial charge in [-0.2, -0.15) is 0 Å². The Bertz CT molecular complexity index is 564. The molecule has 5 atom stereocenters. The first kappa shape index (κ1) is 21.9. The fourth-order valence-electron chi connectivity index (χ4n) is 2.64. The molecule has 2 rings (SSSR count). The van der Waals surface area contributed by atoms with Crippen molar-refractivity contribution in [1.82, 2.24) is 5.32 Å². The molecule has 2 heterocycles. The molecular weight excluding hydrogens is 411 g/mol. The number of nitrogens with one attached hydrogen (secondary N) is 1. The molecule has 0 saturated carbocycles. The molecule has 0 aromatic carbocycles. The molecule has 0 spiro atoms. The van der Waals surface area contributed by atoms with Crippen LogP contribution in [0.15, 0.2) is 0 Å². The minimum absolute atomic E-state index is 0.0147. The Kier molecular flexibility index (Phi) is 7.27. The number of hydrogen-bond acceptors (Lipinski definition) is 6. The lowest BCUT2D eigenvalue weighted by Crippen LogP contribution is -2.62. The lowest BCUT2D eigenvalue weighted by molar-refractivity contribution is -0.136. The van der Waals surface area contributed by atoms with E-state index in [1.807, 2.05) is 6.92 Å². The third kappa shape index (κ3) is 5.54.